The van der Waals surface area contributed by atoms with Crippen molar-refractivity contribution in [3.63, 3.8) is 0 Å². The number of likely N-dealkylation sites (tertiary alicyclic amines) is 1. The molecule has 0 saturated carbocycles. The quantitative estimate of drug-likeness (QED) is 0.560. The maximum Gasteiger partial charge on any atom is 0.416 e. The summed E-state index contributed by atoms with van der Waals surface area (Å²) in [5, 5.41) is 9.58. The number of carbonyl (C=O) groups excluding carboxylic acids is 1. The van der Waals surface area contributed by atoms with Crippen molar-refractivity contribution < 1.29 is 41.0 Å². The summed E-state index contributed by atoms with van der Waals surface area (Å²) in [6.07, 6.45) is -5.93. The van der Waals surface area contributed by atoms with Gasteiger partial charge in [0.2, 0.25) is 0 Å². The van der Waals surface area contributed by atoms with Gasteiger partial charge in [-0.2, -0.15) is 13.2 Å². The number of rotatable bonds is 6. The number of benzene rings is 2. The number of esters is 1. The van der Waals surface area contributed by atoms with Crippen molar-refractivity contribution in [2.24, 2.45) is 0 Å². The topological polar surface area (TPSA) is 96.4 Å². The van der Waals surface area contributed by atoms with E-state index >= 15 is 0 Å². The largest absolute Gasteiger partial charge is 0.485 e. The second-order valence-electron chi connectivity index (χ2n) is 10.2. The Kier molecular flexibility index (Phi) is 7.21. The van der Waals surface area contributed by atoms with E-state index in [9.17, 15) is 31.5 Å². The van der Waals surface area contributed by atoms with E-state index in [1.807, 2.05) is 4.90 Å². The Hall–Kier alpha value is -2.83. The van der Waals surface area contributed by atoms with E-state index in [0.29, 0.717) is 31.3 Å². The highest BCUT2D eigenvalue weighted by Crippen LogP contribution is 2.39. The molecule has 4 rings (SSSR count). The number of sulfonamides is 1. The van der Waals surface area contributed by atoms with Crippen LogP contribution in [0.1, 0.15) is 31.9 Å². The van der Waals surface area contributed by atoms with E-state index in [0.717, 1.165) is 22.5 Å². The van der Waals surface area contributed by atoms with Crippen LogP contribution in [0.15, 0.2) is 47.4 Å². The number of hydrogen-bond donors (Lipinski definition) is 1. The number of ether oxygens (including phenoxy) is 2. The van der Waals surface area contributed by atoms with Crippen LogP contribution < -0.4 is 9.04 Å². The summed E-state index contributed by atoms with van der Waals surface area (Å²) in [6, 6.07) is 8.22. The standard InChI is InChI=1S/C25H29F3N2O6S/c1-24(2,3)36-23(32)10-16-7-8-22-21(9-16)30(15-19(35-22)14-29-12-18(31)13-29)37(33,34)20-6-4-5-17(11-20)25(26,27)28/h4-9,11,18-19,31H,10,12-15H2,1-3H3/t19-/m0/s1. The molecular weight excluding hydrogens is 513 g/mol. The van der Waals surface area contributed by atoms with Crippen LogP contribution in [0.2, 0.25) is 0 Å². The van der Waals surface area contributed by atoms with E-state index < -0.39 is 50.4 Å². The molecule has 0 spiro atoms. The van der Waals surface area contributed by atoms with E-state index in [4.69, 9.17) is 9.47 Å². The summed E-state index contributed by atoms with van der Waals surface area (Å²) < 4.78 is 79.7. The van der Waals surface area contributed by atoms with Gasteiger partial charge in [-0.1, -0.05) is 12.1 Å². The fraction of sp³-hybridized carbons (Fsp3) is 0.480. The lowest BCUT2D eigenvalue weighted by Gasteiger charge is -2.41. The van der Waals surface area contributed by atoms with Gasteiger partial charge in [-0.05, 0) is 56.7 Å². The first kappa shape index (κ1) is 27.2. The lowest BCUT2D eigenvalue weighted by molar-refractivity contribution is -0.153. The van der Waals surface area contributed by atoms with Crippen LogP contribution in [0.3, 0.4) is 0 Å². The van der Waals surface area contributed by atoms with Gasteiger partial charge in [0, 0.05) is 19.6 Å². The minimum atomic E-state index is -4.71. The zero-order valence-electron chi connectivity index (χ0n) is 20.7. The Labute approximate surface area is 213 Å². The predicted molar refractivity (Wildman–Crippen MR) is 129 cm³/mol. The molecule has 1 saturated heterocycles. The minimum Gasteiger partial charge on any atom is -0.485 e. The molecule has 0 aromatic heterocycles. The van der Waals surface area contributed by atoms with Crippen molar-refractivity contribution in [3.05, 3.63) is 53.6 Å². The highest BCUT2D eigenvalue weighted by molar-refractivity contribution is 7.92. The van der Waals surface area contributed by atoms with Crippen molar-refractivity contribution in [1.82, 2.24) is 4.90 Å². The molecule has 2 aromatic carbocycles. The monoisotopic (exact) mass is 542 g/mol. The SMILES string of the molecule is CC(C)(C)OC(=O)Cc1ccc2c(c1)N(S(=O)(=O)c1cccc(C(F)(F)F)c1)C[C@H](CN1CC(O)C1)O2. The van der Waals surface area contributed by atoms with Crippen LogP contribution in [-0.4, -0.2) is 68.4 Å². The van der Waals surface area contributed by atoms with Crippen molar-refractivity contribution in [2.75, 3.05) is 30.5 Å². The van der Waals surface area contributed by atoms with Crippen molar-refractivity contribution in [3.8, 4) is 5.75 Å². The molecule has 2 aliphatic rings. The van der Waals surface area contributed by atoms with Crippen molar-refractivity contribution >= 4 is 21.7 Å². The molecule has 0 radical (unpaired) electrons. The number of carbonyl (C=O) groups is 1. The lowest BCUT2D eigenvalue weighted by atomic mass is 10.1. The van der Waals surface area contributed by atoms with E-state index in [-0.39, 0.29) is 24.4 Å². The normalized spacial score (nSPS) is 19.1. The number of β-amino-alcohol motifs (C(OH)–C–C–N with tert-alkyl or cyclic N) is 1. The molecule has 2 heterocycles. The van der Waals surface area contributed by atoms with Crippen LogP contribution >= 0.6 is 0 Å². The number of aliphatic hydroxyl groups is 1. The highest BCUT2D eigenvalue weighted by atomic mass is 32.2. The summed E-state index contributed by atoms with van der Waals surface area (Å²) in [6.45, 7) is 6.19. The molecule has 202 valence electrons. The molecule has 0 aliphatic carbocycles. The molecule has 1 atom stereocenters. The summed E-state index contributed by atoms with van der Waals surface area (Å²) in [5.41, 5.74) is -1.19. The van der Waals surface area contributed by atoms with Crippen LogP contribution in [0.5, 0.6) is 5.75 Å². The summed E-state index contributed by atoms with van der Waals surface area (Å²) in [5.74, 6) is -0.286. The third kappa shape index (κ3) is 6.36. The second kappa shape index (κ2) is 9.80. The third-order valence-corrected chi connectivity index (χ3v) is 7.65. The Morgan fingerprint density at radius 3 is 2.43 bits per heavy atom. The zero-order chi connectivity index (χ0) is 27.2. The molecule has 2 aromatic rings. The average Bonchev–Trinajstić information content (AvgIpc) is 2.76. The zero-order valence-corrected chi connectivity index (χ0v) is 21.5. The molecule has 0 bridgehead atoms. The summed E-state index contributed by atoms with van der Waals surface area (Å²) in [4.78, 5) is 13.7. The minimum absolute atomic E-state index is 0.123. The van der Waals surface area contributed by atoms with E-state index in [1.165, 1.54) is 6.07 Å². The van der Waals surface area contributed by atoms with Crippen molar-refractivity contribution in [1.29, 1.82) is 0 Å². The van der Waals surface area contributed by atoms with E-state index in [2.05, 4.69) is 0 Å². The molecule has 2 aliphatic heterocycles. The Morgan fingerprint density at radius 2 is 1.81 bits per heavy atom. The molecule has 1 N–H and O–H groups in total. The van der Waals surface area contributed by atoms with Crippen LogP contribution in [0, 0.1) is 0 Å². The molecular formula is C25H29F3N2O6S. The number of hydrogen-bond acceptors (Lipinski definition) is 7. The van der Waals surface area contributed by atoms with Gasteiger partial charge >= 0.3 is 12.1 Å². The van der Waals surface area contributed by atoms with Gasteiger partial charge in [0.15, 0.2) is 0 Å². The van der Waals surface area contributed by atoms with Gasteiger partial charge in [-0.3, -0.25) is 14.0 Å². The van der Waals surface area contributed by atoms with Gasteiger partial charge < -0.3 is 14.6 Å². The molecule has 8 nitrogen and oxygen atoms in total. The van der Waals surface area contributed by atoms with Gasteiger partial charge in [-0.15, -0.1) is 0 Å². The van der Waals surface area contributed by atoms with Crippen LogP contribution in [-0.2, 0) is 32.2 Å². The van der Waals surface area contributed by atoms with E-state index in [1.54, 1.807) is 32.9 Å². The smallest absolute Gasteiger partial charge is 0.416 e. The molecule has 37 heavy (non-hydrogen) atoms. The first-order chi connectivity index (χ1) is 17.1. The first-order valence-electron chi connectivity index (χ1n) is 11.7. The number of alkyl halides is 3. The predicted octanol–water partition coefficient (Wildman–Crippen LogP) is 3.22. The van der Waals surface area contributed by atoms with Gasteiger partial charge in [0.1, 0.15) is 17.5 Å². The first-order valence-corrected chi connectivity index (χ1v) is 13.2. The Balaban J connectivity index is 1.69. The number of nitrogens with zero attached hydrogens (tertiary/aromatic N) is 2. The molecule has 1 fully saturated rings. The average molecular weight is 543 g/mol. The maximum absolute atomic E-state index is 13.7. The highest BCUT2D eigenvalue weighted by Gasteiger charge is 2.38. The number of halogens is 3. The Morgan fingerprint density at radius 1 is 1.11 bits per heavy atom. The van der Waals surface area contributed by atoms with Crippen LogP contribution in [0.4, 0.5) is 18.9 Å². The molecule has 0 amide bonds. The second-order valence-corrected chi connectivity index (χ2v) is 12.1. The molecule has 12 heteroatoms. The fourth-order valence-electron chi connectivity index (χ4n) is 4.27. The van der Waals surface area contributed by atoms with Gasteiger partial charge in [0.25, 0.3) is 10.0 Å². The molecule has 0 unspecified atom stereocenters. The fourth-order valence-corrected chi connectivity index (χ4v) is 5.82. The maximum atomic E-state index is 13.7. The Bertz CT molecular complexity index is 1270. The van der Waals surface area contributed by atoms with Gasteiger partial charge in [-0.25, -0.2) is 8.42 Å². The summed E-state index contributed by atoms with van der Waals surface area (Å²) in [7, 11) is -4.43. The third-order valence-electron chi connectivity index (χ3n) is 5.87. The summed E-state index contributed by atoms with van der Waals surface area (Å²) >= 11 is 0. The van der Waals surface area contributed by atoms with Gasteiger partial charge in [0.05, 0.1) is 35.2 Å². The van der Waals surface area contributed by atoms with Crippen molar-refractivity contribution in [2.45, 2.75) is 56.1 Å². The lowest BCUT2D eigenvalue weighted by Crippen LogP contribution is -2.56. The number of aliphatic hydroxyl groups excluding tert-OH is 1. The van der Waals surface area contributed by atoms with Crippen LogP contribution in [0.25, 0.3) is 0 Å². The number of fused-ring (bicyclic) bond motifs is 1. The number of anilines is 1.